The topological polar surface area (TPSA) is 51.2 Å². The number of aryl methyl sites for hydroxylation is 1. The number of hydrogen-bond donors (Lipinski definition) is 2. The summed E-state index contributed by atoms with van der Waals surface area (Å²) in [4.78, 5) is 0. The third-order valence-corrected chi connectivity index (χ3v) is 2.58. The second-order valence-corrected chi connectivity index (χ2v) is 3.73. The lowest BCUT2D eigenvalue weighted by molar-refractivity contribution is 0.0277. The zero-order valence-electron chi connectivity index (χ0n) is 8.49. The van der Waals surface area contributed by atoms with Gasteiger partial charge in [0.15, 0.2) is 0 Å². The molecule has 2 atom stereocenters. The molecule has 3 N–H and O–H groups in total. The summed E-state index contributed by atoms with van der Waals surface area (Å²) in [5.41, 5.74) is 5.79. The maximum Gasteiger partial charge on any atom is 0.103 e. The minimum absolute atomic E-state index is 0.213. The fraction of sp³-hybridized carbons (Fsp3) is 0.600. The van der Waals surface area contributed by atoms with E-state index in [1.54, 1.807) is 6.92 Å². The number of aliphatic hydroxyl groups is 1. The molecule has 0 aromatic carbocycles. The summed E-state index contributed by atoms with van der Waals surface area (Å²) in [6.45, 7) is 3.73. The SMILES string of the molecule is CCC(N)C(C)(O)c1ccn(C)c1. The number of rotatable bonds is 3. The van der Waals surface area contributed by atoms with Gasteiger partial charge in [-0.05, 0) is 19.4 Å². The van der Waals surface area contributed by atoms with Gasteiger partial charge in [-0.15, -0.1) is 0 Å². The molecule has 0 fully saturated rings. The van der Waals surface area contributed by atoms with Crippen LogP contribution in [0.2, 0.25) is 0 Å². The van der Waals surface area contributed by atoms with Crippen molar-refractivity contribution in [3.05, 3.63) is 24.0 Å². The van der Waals surface area contributed by atoms with Crippen LogP contribution in [0.3, 0.4) is 0 Å². The minimum atomic E-state index is -0.921. The average Bonchev–Trinajstić information content (AvgIpc) is 2.50. The molecule has 0 radical (unpaired) electrons. The van der Waals surface area contributed by atoms with Crippen LogP contribution in [-0.2, 0) is 12.6 Å². The predicted octanol–water partition coefficient (Wildman–Crippen LogP) is 0.970. The van der Waals surface area contributed by atoms with Crippen molar-refractivity contribution in [3.63, 3.8) is 0 Å². The van der Waals surface area contributed by atoms with Crippen LogP contribution < -0.4 is 5.73 Å². The molecule has 0 aliphatic heterocycles. The summed E-state index contributed by atoms with van der Waals surface area (Å²) in [6.07, 6.45) is 4.57. The number of hydrogen-bond acceptors (Lipinski definition) is 2. The van der Waals surface area contributed by atoms with Crippen molar-refractivity contribution in [3.8, 4) is 0 Å². The Labute approximate surface area is 79.2 Å². The molecule has 0 saturated heterocycles. The van der Waals surface area contributed by atoms with E-state index in [1.165, 1.54) is 0 Å². The zero-order valence-corrected chi connectivity index (χ0v) is 8.49. The Morgan fingerprint density at radius 2 is 2.31 bits per heavy atom. The fourth-order valence-electron chi connectivity index (χ4n) is 1.41. The van der Waals surface area contributed by atoms with E-state index in [2.05, 4.69) is 0 Å². The van der Waals surface area contributed by atoms with E-state index < -0.39 is 5.60 Å². The van der Waals surface area contributed by atoms with Crippen LogP contribution in [0.5, 0.6) is 0 Å². The highest BCUT2D eigenvalue weighted by atomic mass is 16.3. The van der Waals surface area contributed by atoms with E-state index in [4.69, 9.17) is 5.73 Å². The van der Waals surface area contributed by atoms with E-state index in [9.17, 15) is 5.11 Å². The van der Waals surface area contributed by atoms with Crippen LogP contribution in [0.25, 0.3) is 0 Å². The lowest BCUT2D eigenvalue weighted by Crippen LogP contribution is -2.42. The lowest BCUT2D eigenvalue weighted by Gasteiger charge is -2.28. The van der Waals surface area contributed by atoms with Gasteiger partial charge >= 0.3 is 0 Å². The summed E-state index contributed by atoms with van der Waals surface area (Å²) < 4.78 is 1.91. The first-order valence-electron chi connectivity index (χ1n) is 4.59. The van der Waals surface area contributed by atoms with Gasteiger partial charge < -0.3 is 15.4 Å². The summed E-state index contributed by atoms with van der Waals surface area (Å²) in [6, 6.07) is 1.69. The van der Waals surface area contributed by atoms with Crippen molar-refractivity contribution in [2.24, 2.45) is 12.8 Å². The predicted molar refractivity (Wildman–Crippen MR) is 53.3 cm³/mol. The highest BCUT2D eigenvalue weighted by Gasteiger charge is 2.30. The Bertz CT molecular complexity index is 278. The van der Waals surface area contributed by atoms with Crippen molar-refractivity contribution in [2.45, 2.75) is 31.9 Å². The number of aromatic nitrogens is 1. The zero-order chi connectivity index (χ0) is 10.1. The van der Waals surface area contributed by atoms with E-state index in [0.717, 1.165) is 12.0 Å². The van der Waals surface area contributed by atoms with E-state index >= 15 is 0 Å². The van der Waals surface area contributed by atoms with Crippen molar-refractivity contribution in [1.29, 1.82) is 0 Å². The average molecular weight is 182 g/mol. The molecule has 3 nitrogen and oxygen atoms in total. The normalized spacial score (nSPS) is 18.2. The molecule has 0 aliphatic carbocycles. The van der Waals surface area contributed by atoms with Crippen LogP contribution in [0.15, 0.2) is 18.5 Å². The third-order valence-electron chi connectivity index (χ3n) is 2.58. The largest absolute Gasteiger partial charge is 0.384 e. The van der Waals surface area contributed by atoms with Crippen molar-refractivity contribution < 1.29 is 5.11 Å². The lowest BCUT2D eigenvalue weighted by atomic mass is 9.89. The van der Waals surface area contributed by atoms with E-state index in [0.29, 0.717) is 0 Å². The van der Waals surface area contributed by atoms with Crippen LogP contribution in [0.4, 0.5) is 0 Å². The first-order valence-corrected chi connectivity index (χ1v) is 4.59. The molecule has 74 valence electrons. The Kier molecular flexibility index (Phi) is 2.78. The summed E-state index contributed by atoms with van der Waals surface area (Å²) >= 11 is 0. The maximum atomic E-state index is 10.1. The Balaban J connectivity index is 2.92. The van der Waals surface area contributed by atoms with Gasteiger partial charge in [0.1, 0.15) is 5.60 Å². The maximum absolute atomic E-state index is 10.1. The van der Waals surface area contributed by atoms with Gasteiger partial charge in [0, 0.05) is 31.0 Å². The third kappa shape index (κ3) is 1.92. The van der Waals surface area contributed by atoms with Crippen LogP contribution in [0.1, 0.15) is 25.8 Å². The molecule has 2 unspecified atom stereocenters. The molecule has 1 rings (SSSR count). The second kappa shape index (κ2) is 3.52. The van der Waals surface area contributed by atoms with Crippen molar-refractivity contribution in [2.75, 3.05) is 0 Å². The number of nitrogens with two attached hydrogens (primary N) is 1. The van der Waals surface area contributed by atoms with Crippen LogP contribution in [0, 0.1) is 0 Å². The van der Waals surface area contributed by atoms with Crippen molar-refractivity contribution in [1.82, 2.24) is 4.57 Å². The standard InChI is InChI=1S/C10H18N2O/c1-4-9(11)10(2,13)8-5-6-12(3)7-8/h5-7,9,13H,4,11H2,1-3H3. The van der Waals surface area contributed by atoms with E-state index in [-0.39, 0.29) is 6.04 Å². The van der Waals surface area contributed by atoms with Gasteiger partial charge in [0.25, 0.3) is 0 Å². The molecule has 1 heterocycles. The summed E-state index contributed by atoms with van der Waals surface area (Å²) in [5, 5.41) is 10.1. The van der Waals surface area contributed by atoms with Gasteiger partial charge in [-0.3, -0.25) is 0 Å². The molecule has 0 amide bonds. The van der Waals surface area contributed by atoms with Crippen LogP contribution >= 0.6 is 0 Å². The first-order chi connectivity index (χ1) is 5.98. The summed E-state index contributed by atoms with van der Waals surface area (Å²) in [7, 11) is 1.93. The molecule has 0 saturated carbocycles. The Hall–Kier alpha value is -0.800. The molecule has 3 heteroatoms. The van der Waals surface area contributed by atoms with E-state index in [1.807, 2.05) is 37.0 Å². The molecule has 0 bridgehead atoms. The van der Waals surface area contributed by atoms with Gasteiger partial charge in [-0.25, -0.2) is 0 Å². The fourth-order valence-corrected chi connectivity index (χ4v) is 1.41. The number of nitrogens with zero attached hydrogens (tertiary/aromatic N) is 1. The quantitative estimate of drug-likeness (QED) is 0.732. The molecule has 0 spiro atoms. The molecule has 1 aromatic rings. The molecule has 0 aliphatic rings. The Morgan fingerprint density at radius 3 is 2.69 bits per heavy atom. The smallest absolute Gasteiger partial charge is 0.103 e. The van der Waals surface area contributed by atoms with Gasteiger partial charge in [0.2, 0.25) is 0 Å². The van der Waals surface area contributed by atoms with Gasteiger partial charge in [-0.2, -0.15) is 0 Å². The highest BCUT2D eigenvalue weighted by molar-refractivity contribution is 5.20. The highest BCUT2D eigenvalue weighted by Crippen LogP contribution is 2.24. The first kappa shape index (κ1) is 10.3. The van der Waals surface area contributed by atoms with Crippen LogP contribution in [-0.4, -0.2) is 15.7 Å². The minimum Gasteiger partial charge on any atom is -0.384 e. The van der Waals surface area contributed by atoms with Gasteiger partial charge in [-0.1, -0.05) is 6.92 Å². The monoisotopic (exact) mass is 182 g/mol. The summed E-state index contributed by atoms with van der Waals surface area (Å²) in [5.74, 6) is 0. The Morgan fingerprint density at radius 1 is 1.69 bits per heavy atom. The molecule has 13 heavy (non-hydrogen) atoms. The molecular formula is C10H18N2O. The van der Waals surface area contributed by atoms with Crippen molar-refractivity contribution >= 4 is 0 Å². The molecular weight excluding hydrogens is 164 g/mol. The molecule has 1 aromatic heterocycles. The second-order valence-electron chi connectivity index (χ2n) is 3.73. The van der Waals surface area contributed by atoms with Gasteiger partial charge in [0.05, 0.1) is 0 Å².